The molecule has 2 aromatic heterocycles. The third kappa shape index (κ3) is 5.47. The molecule has 0 aliphatic rings. The highest BCUT2D eigenvalue weighted by Gasteiger charge is 2.18. The number of thiazole rings is 1. The van der Waals surface area contributed by atoms with Gasteiger partial charge in [-0.05, 0) is 60.7 Å². The minimum atomic E-state index is -0.680. The topological polar surface area (TPSA) is 131 Å². The molecule has 196 valence electrons. The van der Waals surface area contributed by atoms with Gasteiger partial charge in [-0.25, -0.2) is 0 Å². The van der Waals surface area contributed by atoms with Gasteiger partial charge in [0.2, 0.25) is 0 Å². The largest absolute Gasteiger partial charge is 0.457 e. The summed E-state index contributed by atoms with van der Waals surface area (Å²) in [6.45, 7) is 0. The Bertz CT molecular complexity index is 1950. The number of amides is 1. The number of nitrogens with zero attached hydrogens (tertiary/aromatic N) is 3. The molecule has 3 aromatic carbocycles. The highest BCUT2D eigenvalue weighted by Crippen LogP contribution is 2.24. The summed E-state index contributed by atoms with van der Waals surface area (Å²) in [5.74, 6) is 0.122. The van der Waals surface area contributed by atoms with E-state index in [2.05, 4.69) is 5.32 Å². The fourth-order valence-corrected chi connectivity index (χ4v) is 5.05. The Hall–Kier alpha value is -5.24. The van der Waals surface area contributed by atoms with Gasteiger partial charge in [-0.3, -0.25) is 24.3 Å². The Morgan fingerprint density at radius 3 is 2.38 bits per heavy atom. The van der Waals surface area contributed by atoms with E-state index in [9.17, 15) is 25.0 Å². The van der Waals surface area contributed by atoms with Gasteiger partial charge in [-0.1, -0.05) is 29.8 Å². The van der Waals surface area contributed by atoms with Crippen molar-refractivity contribution in [1.29, 1.82) is 5.26 Å². The van der Waals surface area contributed by atoms with Gasteiger partial charge in [0.15, 0.2) is 5.57 Å². The Morgan fingerprint density at radius 2 is 1.73 bits per heavy atom. The fraction of sp³-hybridized carbons (Fsp3) is 0. The third-order valence-electron chi connectivity index (χ3n) is 5.76. The Labute approximate surface area is 235 Å². The van der Waals surface area contributed by atoms with Crippen LogP contribution >= 0.6 is 22.9 Å². The van der Waals surface area contributed by atoms with Crippen LogP contribution in [0.5, 0.6) is 0 Å². The second-order valence-corrected chi connectivity index (χ2v) is 9.81. The minimum Gasteiger partial charge on any atom is -0.457 e. The standard InChI is InChI=1S/C29H17ClN4O5S/c30-19-8-10-20(11-9-19)32-27(35)24(17-31)29-33(21-4-2-1-3-5-21)28(36)26(40-29)16-23-14-15-25(39-23)18-6-12-22(13-7-18)34(37)38/h1-16H,(H,32,35)/b26-16+,29-24-. The van der Waals surface area contributed by atoms with Crippen LogP contribution in [0.2, 0.25) is 5.02 Å². The number of hydrogen-bond donors (Lipinski definition) is 1. The zero-order valence-corrected chi connectivity index (χ0v) is 22.0. The first-order valence-electron chi connectivity index (χ1n) is 11.7. The number of hydrogen-bond acceptors (Lipinski definition) is 7. The first-order valence-corrected chi connectivity index (χ1v) is 12.9. The van der Waals surface area contributed by atoms with Crippen LogP contribution in [0.15, 0.2) is 100 Å². The third-order valence-corrected chi connectivity index (χ3v) is 7.10. The predicted molar refractivity (Wildman–Crippen MR) is 153 cm³/mol. The lowest BCUT2D eigenvalue weighted by Crippen LogP contribution is -2.32. The first kappa shape index (κ1) is 26.4. The molecular formula is C29H17ClN4O5S. The van der Waals surface area contributed by atoms with Crippen molar-refractivity contribution in [3.05, 3.63) is 131 Å². The van der Waals surface area contributed by atoms with E-state index in [4.69, 9.17) is 16.0 Å². The van der Waals surface area contributed by atoms with Crippen molar-refractivity contribution in [3.8, 4) is 23.1 Å². The number of nitro groups is 1. The summed E-state index contributed by atoms with van der Waals surface area (Å²) >= 11 is 6.90. The number of benzene rings is 3. The molecule has 0 atom stereocenters. The highest BCUT2D eigenvalue weighted by molar-refractivity contribution is 7.07. The summed E-state index contributed by atoms with van der Waals surface area (Å²) in [6.07, 6.45) is 1.52. The molecule has 2 heterocycles. The number of nitrogens with one attached hydrogen (secondary N) is 1. The number of non-ortho nitro benzene ring substituents is 1. The normalized spacial score (nSPS) is 12.1. The fourth-order valence-electron chi connectivity index (χ4n) is 3.85. The van der Waals surface area contributed by atoms with Gasteiger partial charge in [0.25, 0.3) is 17.2 Å². The van der Waals surface area contributed by atoms with Crippen LogP contribution in [-0.4, -0.2) is 15.4 Å². The molecule has 0 bridgehead atoms. The van der Waals surface area contributed by atoms with Crippen LogP contribution in [0, 0.1) is 21.4 Å². The number of rotatable bonds is 6. The van der Waals surface area contributed by atoms with Crippen molar-refractivity contribution in [2.45, 2.75) is 0 Å². The van der Waals surface area contributed by atoms with Gasteiger partial charge in [-0.15, -0.1) is 11.3 Å². The van der Waals surface area contributed by atoms with Gasteiger partial charge >= 0.3 is 0 Å². The lowest BCUT2D eigenvalue weighted by atomic mass is 10.1. The van der Waals surface area contributed by atoms with Crippen LogP contribution < -0.4 is 20.1 Å². The quantitative estimate of drug-likeness (QED) is 0.230. The minimum absolute atomic E-state index is 0.0423. The molecule has 9 nitrogen and oxygen atoms in total. The van der Waals surface area contributed by atoms with Crippen LogP contribution in [0.25, 0.3) is 28.7 Å². The average Bonchev–Trinajstić information content (AvgIpc) is 3.55. The number of nitriles is 1. The van der Waals surface area contributed by atoms with E-state index in [0.717, 1.165) is 11.3 Å². The van der Waals surface area contributed by atoms with Crippen LogP contribution in [0.3, 0.4) is 0 Å². The molecule has 0 saturated carbocycles. The molecule has 5 rings (SSSR count). The number of furan rings is 1. The molecule has 0 unspecified atom stereocenters. The summed E-state index contributed by atoms with van der Waals surface area (Å²) in [5.41, 5.74) is 0.820. The van der Waals surface area contributed by atoms with Crippen molar-refractivity contribution < 1.29 is 14.1 Å². The maximum Gasteiger partial charge on any atom is 0.273 e. The van der Waals surface area contributed by atoms with Crippen molar-refractivity contribution in [3.63, 3.8) is 0 Å². The van der Waals surface area contributed by atoms with Gasteiger partial charge in [0.05, 0.1) is 15.1 Å². The van der Waals surface area contributed by atoms with E-state index >= 15 is 0 Å². The first-order chi connectivity index (χ1) is 19.3. The van der Waals surface area contributed by atoms with E-state index in [-0.39, 0.29) is 20.5 Å². The summed E-state index contributed by atoms with van der Waals surface area (Å²) in [7, 11) is 0. The Kier molecular flexibility index (Phi) is 7.41. The average molecular weight is 569 g/mol. The van der Waals surface area contributed by atoms with Crippen LogP contribution in [0.1, 0.15) is 5.76 Å². The summed E-state index contributed by atoms with van der Waals surface area (Å²) in [6, 6.07) is 26.3. The number of para-hydroxylation sites is 1. The molecule has 0 radical (unpaired) electrons. The molecule has 11 heteroatoms. The molecule has 0 aliphatic carbocycles. The Morgan fingerprint density at radius 1 is 1.02 bits per heavy atom. The number of halogens is 1. The van der Waals surface area contributed by atoms with E-state index in [1.807, 2.05) is 6.07 Å². The van der Waals surface area contributed by atoms with E-state index < -0.39 is 16.4 Å². The van der Waals surface area contributed by atoms with E-state index in [1.54, 1.807) is 78.9 Å². The van der Waals surface area contributed by atoms with Crippen LogP contribution in [0.4, 0.5) is 11.4 Å². The van der Waals surface area contributed by atoms with Crippen molar-refractivity contribution in [1.82, 2.24) is 4.57 Å². The second-order valence-electron chi connectivity index (χ2n) is 8.35. The zero-order valence-electron chi connectivity index (χ0n) is 20.4. The number of anilines is 1. The smallest absolute Gasteiger partial charge is 0.273 e. The van der Waals surface area contributed by atoms with Crippen molar-refractivity contribution >= 4 is 51.9 Å². The molecule has 1 amide bonds. The molecule has 40 heavy (non-hydrogen) atoms. The molecule has 1 N–H and O–H groups in total. The molecule has 5 aromatic rings. The van der Waals surface area contributed by atoms with Gasteiger partial charge < -0.3 is 9.73 Å². The van der Waals surface area contributed by atoms with Gasteiger partial charge in [0, 0.05) is 34.5 Å². The predicted octanol–water partition coefficient (Wildman–Crippen LogP) is 4.86. The van der Waals surface area contributed by atoms with Gasteiger partial charge in [-0.2, -0.15) is 5.26 Å². The zero-order chi connectivity index (χ0) is 28.2. The van der Waals surface area contributed by atoms with E-state index in [1.165, 1.54) is 22.8 Å². The Balaban J connectivity index is 1.61. The molecule has 0 fully saturated rings. The molecule has 0 spiro atoms. The summed E-state index contributed by atoms with van der Waals surface area (Å²) < 4.78 is 7.58. The molecule has 0 saturated heterocycles. The highest BCUT2D eigenvalue weighted by atomic mass is 35.5. The SMILES string of the molecule is N#C/C(C(=O)Nc1ccc(Cl)cc1)=c1/s/c(=C/c2ccc(-c3ccc([N+](=O)[O-])cc3)o2)c(=O)n1-c1ccccc1. The maximum absolute atomic E-state index is 13.6. The van der Waals surface area contributed by atoms with Crippen molar-refractivity contribution in [2.24, 2.45) is 0 Å². The summed E-state index contributed by atoms with van der Waals surface area (Å²) in [5, 5.41) is 24.1. The second kappa shape index (κ2) is 11.2. The number of carbonyl (C=O) groups excluding carboxylic acids is 1. The lowest BCUT2D eigenvalue weighted by molar-refractivity contribution is -0.384. The monoisotopic (exact) mass is 568 g/mol. The van der Waals surface area contributed by atoms with Gasteiger partial charge in [0.1, 0.15) is 22.3 Å². The maximum atomic E-state index is 13.6. The number of nitro benzene ring substituents is 1. The van der Waals surface area contributed by atoms with Crippen molar-refractivity contribution in [2.75, 3.05) is 5.32 Å². The number of carbonyl (C=O) groups is 1. The molecule has 0 aliphatic heterocycles. The molecular weight excluding hydrogens is 552 g/mol. The van der Waals surface area contributed by atoms with Crippen LogP contribution in [-0.2, 0) is 4.79 Å². The van der Waals surface area contributed by atoms with E-state index in [0.29, 0.717) is 33.5 Å². The summed E-state index contributed by atoms with van der Waals surface area (Å²) in [4.78, 5) is 37.2. The number of aromatic nitrogens is 1. The lowest BCUT2D eigenvalue weighted by Gasteiger charge is -2.06.